The van der Waals surface area contributed by atoms with Crippen LogP contribution in [0.15, 0.2) is 29.8 Å². The monoisotopic (exact) mass is 206 g/mol. The molecule has 0 aliphatic carbocycles. The Kier molecular flexibility index (Phi) is 3.92. The summed E-state index contributed by atoms with van der Waals surface area (Å²) in [5.74, 6) is -0.0136. The average molecular weight is 206 g/mol. The molecule has 0 saturated carbocycles. The zero-order valence-electron chi connectivity index (χ0n) is 8.86. The Labute approximate surface area is 89.0 Å². The van der Waals surface area contributed by atoms with Gasteiger partial charge in [-0.3, -0.25) is 4.79 Å². The van der Waals surface area contributed by atoms with Gasteiger partial charge >= 0.3 is 5.97 Å². The van der Waals surface area contributed by atoms with E-state index in [1.54, 1.807) is 14.0 Å². The molecule has 0 aliphatic heterocycles. The van der Waals surface area contributed by atoms with Crippen LogP contribution < -0.4 is 4.74 Å². The fraction of sp³-hybridized carbons (Fsp3) is 0.250. The lowest BCUT2D eigenvalue weighted by Crippen LogP contribution is -1.94. The second-order valence-corrected chi connectivity index (χ2v) is 3.33. The molecule has 0 atom stereocenters. The normalized spacial score (nSPS) is 11.2. The number of carboxylic acid groups (broad SMARTS) is 1. The van der Waals surface area contributed by atoms with E-state index in [2.05, 4.69) is 0 Å². The van der Waals surface area contributed by atoms with Crippen molar-refractivity contribution in [2.45, 2.75) is 13.3 Å². The Morgan fingerprint density at radius 1 is 1.40 bits per heavy atom. The van der Waals surface area contributed by atoms with Crippen molar-refractivity contribution < 1.29 is 14.6 Å². The van der Waals surface area contributed by atoms with Gasteiger partial charge in [0, 0.05) is 0 Å². The molecule has 0 saturated heterocycles. The van der Waals surface area contributed by atoms with E-state index in [9.17, 15) is 4.79 Å². The van der Waals surface area contributed by atoms with E-state index >= 15 is 0 Å². The van der Waals surface area contributed by atoms with E-state index in [1.807, 2.05) is 30.3 Å². The summed E-state index contributed by atoms with van der Waals surface area (Å²) >= 11 is 0. The lowest BCUT2D eigenvalue weighted by Gasteiger charge is -2.00. The SMILES string of the molecule is COc1ccc(C=C(C)CC(=O)O)cc1. The largest absolute Gasteiger partial charge is 0.497 e. The maximum Gasteiger partial charge on any atom is 0.307 e. The van der Waals surface area contributed by atoms with Gasteiger partial charge in [0.1, 0.15) is 5.75 Å². The lowest BCUT2D eigenvalue weighted by atomic mass is 10.1. The van der Waals surface area contributed by atoms with Gasteiger partial charge in [0.05, 0.1) is 13.5 Å². The predicted octanol–water partition coefficient (Wildman–Crippen LogP) is 2.57. The number of carbonyl (C=O) groups is 1. The standard InChI is InChI=1S/C12H14O3/c1-9(8-12(13)14)7-10-3-5-11(15-2)6-4-10/h3-7H,8H2,1-2H3,(H,13,14). The minimum absolute atomic E-state index is 0.0754. The Hall–Kier alpha value is -1.77. The number of aliphatic carboxylic acids is 1. The zero-order valence-corrected chi connectivity index (χ0v) is 8.86. The minimum atomic E-state index is -0.808. The Bertz CT molecular complexity index is 363. The van der Waals surface area contributed by atoms with Crippen LogP contribution in [0.25, 0.3) is 6.08 Å². The quantitative estimate of drug-likeness (QED) is 0.823. The topological polar surface area (TPSA) is 46.5 Å². The van der Waals surface area contributed by atoms with Gasteiger partial charge in [0.15, 0.2) is 0 Å². The number of ether oxygens (including phenoxy) is 1. The molecular formula is C12H14O3. The van der Waals surface area contributed by atoms with Crippen LogP contribution >= 0.6 is 0 Å². The lowest BCUT2D eigenvalue weighted by molar-refractivity contribution is -0.136. The highest BCUT2D eigenvalue weighted by Gasteiger charge is 1.98. The molecule has 0 heterocycles. The molecule has 0 aromatic heterocycles. The van der Waals surface area contributed by atoms with Crippen LogP contribution in [-0.2, 0) is 4.79 Å². The molecule has 1 aromatic carbocycles. The Morgan fingerprint density at radius 3 is 2.47 bits per heavy atom. The molecule has 0 radical (unpaired) electrons. The van der Waals surface area contributed by atoms with Crippen molar-refractivity contribution >= 4 is 12.0 Å². The van der Waals surface area contributed by atoms with Crippen LogP contribution in [0, 0.1) is 0 Å². The van der Waals surface area contributed by atoms with Gasteiger partial charge in [-0.25, -0.2) is 0 Å². The Balaban J connectivity index is 2.75. The molecule has 0 unspecified atom stereocenters. The van der Waals surface area contributed by atoms with Crippen LogP contribution in [0.1, 0.15) is 18.9 Å². The van der Waals surface area contributed by atoms with E-state index in [-0.39, 0.29) is 6.42 Å². The summed E-state index contributed by atoms with van der Waals surface area (Å²) < 4.78 is 5.02. The molecule has 0 spiro atoms. The number of rotatable bonds is 4. The third kappa shape index (κ3) is 3.85. The van der Waals surface area contributed by atoms with Crippen LogP contribution in [0.4, 0.5) is 0 Å². The number of benzene rings is 1. The van der Waals surface area contributed by atoms with E-state index in [1.165, 1.54) is 0 Å². The molecule has 1 N–H and O–H groups in total. The van der Waals surface area contributed by atoms with Gasteiger partial charge in [0.25, 0.3) is 0 Å². The number of carboxylic acids is 1. The summed E-state index contributed by atoms with van der Waals surface area (Å²) in [5, 5.41) is 8.58. The summed E-state index contributed by atoms with van der Waals surface area (Å²) in [6.07, 6.45) is 1.93. The highest BCUT2D eigenvalue weighted by atomic mass is 16.5. The molecule has 0 aliphatic rings. The molecule has 1 rings (SSSR count). The number of hydrogen-bond acceptors (Lipinski definition) is 2. The summed E-state index contributed by atoms with van der Waals surface area (Å²) in [7, 11) is 1.61. The van der Waals surface area contributed by atoms with Crippen molar-refractivity contribution in [3.8, 4) is 5.75 Å². The van der Waals surface area contributed by atoms with Gasteiger partial charge in [-0.15, -0.1) is 0 Å². The van der Waals surface area contributed by atoms with E-state index in [4.69, 9.17) is 9.84 Å². The molecule has 3 heteroatoms. The van der Waals surface area contributed by atoms with E-state index in [0.29, 0.717) is 0 Å². The average Bonchev–Trinajstić information content (AvgIpc) is 2.17. The van der Waals surface area contributed by atoms with Gasteiger partial charge in [-0.1, -0.05) is 23.8 Å². The third-order valence-corrected chi connectivity index (χ3v) is 1.96. The van der Waals surface area contributed by atoms with Gasteiger partial charge in [-0.2, -0.15) is 0 Å². The van der Waals surface area contributed by atoms with E-state index < -0.39 is 5.97 Å². The van der Waals surface area contributed by atoms with Crippen LogP contribution in [-0.4, -0.2) is 18.2 Å². The summed E-state index contributed by atoms with van der Waals surface area (Å²) in [4.78, 5) is 10.4. The second kappa shape index (κ2) is 5.20. The maximum absolute atomic E-state index is 10.4. The second-order valence-electron chi connectivity index (χ2n) is 3.33. The highest BCUT2D eigenvalue weighted by molar-refractivity contribution is 5.72. The molecule has 15 heavy (non-hydrogen) atoms. The zero-order chi connectivity index (χ0) is 11.3. The maximum atomic E-state index is 10.4. The first kappa shape index (κ1) is 11.3. The van der Waals surface area contributed by atoms with Crippen molar-refractivity contribution in [1.29, 1.82) is 0 Å². The van der Waals surface area contributed by atoms with Gasteiger partial charge < -0.3 is 9.84 Å². The van der Waals surface area contributed by atoms with Crippen LogP contribution in [0.5, 0.6) is 5.75 Å². The van der Waals surface area contributed by atoms with Gasteiger partial charge in [-0.05, 0) is 24.6 Å². The molecule has 3 nitrogen and oxygen atoms in total. The highest BCUT2D eigenvalue weighted by Crippen LogP contribution is 2.14. The van der Waals surface area contributed by atoms with Crippen molar-refractivity contribution in [3.05, 3.63) is 35.4 Å². The van der Waals surface area contributed by atoms with Crippen LogP contribution in [0.2, 0.25) is 0 Å². The molecule has 80 valence electrons. The van der Waals surface area contributed by atoms with Crippen molar-refractivity contribution in [3.63, 3.8) is 0 Å². The van der Waals surface area contributed by atoms with E-state index in [0.717, 1.165) is 16.9 Å². The first-order valence-corrected chi connectivity index (χ1v) is 4.65. The van der Waals surface area contributed by atoms with Crippen molar-refractivity contribution in [1.82, 2.24) is 0 Å². The Morgan fingerprint density at radius 2 is 2.00 bits per heavy atom. The first-order valence-electron chi connectivity index (χ1n) is 4.65. The summed E-state index contributed by atoms with van der Waals surface area (Å²) in [6.45, 7) is 1.80. The fourth-order valence-corrected chi connectivity index (χ4v) is 1.27. The predicted molar refractivity (Wildman–Crippen MR) is 58.9 cm³/mol. The number of hydrogen-bond donors (Lipinski definition) is 1. The van der Waals surface area contributed by atoms with Crippen LogP contribution in [0.3, 0.4) is 0 Å². The molecular weight excluding hydrogens is 192 g/mol. The van der Waals surface area contributed by atoms with Gasteiger partial charge in [0.2, 0.25) is 0 Å². The molecule has 0 amide bonds. The minimum Gasteiger partial charge on any atom is -0.497 e. The van der Waals surface area contributed by atoms with Crippen molar-refractivity contribution in [2.24, 2.45) is 0 Å². The summed E-state index contributed by atoms with van der Waals surface area (Å²) in [5.41, 5.74) is 1.81. The summed E-state index contributed by atoms with van der Waals surface area (Å²) in [6, 6.07) is 7.48. The number of methoxy groups -OCH3 is 1. The fourth-order valence-electron chi connectivity index (χ4n) is 1.27. The third-order valence-electron chi connectivity index (χ3n) is 1.96. The molecule has 0 fully saturated rings. The van der Waals surface area contributed by atoms with Crippen molar-refractivity contribution in [2.75, 3.05) is 7.11 Å². The smallest absolute Gasteiger partial charge is 0.307 e. The molecule has 1 aromatic rings. The molecule has 0 bridgehead atoms. The first-order chi connectivity index (χ1) is 7.11.